The molecule has 1 rings (SSSR count). The molecule has 2 nitrogen and oxygen atoms in total. The Bertz CT molecular complexity index is 369. The number of nitrogens with one attached hydrogen (secondary N) is 1. The lowest BCUT2D eigenvalue weighted by Crippen LogP contribution is -2.26. The van der Waals surface area contributed by atoms with E-state index in [0.717, 1.165) is 23.9 Å². The molecule has 0 saturated heterocycles. The van der Waals surface area contributed by atoms with Gasteiger partial charge in [0.1, 0.15) is 0 Å². The van der Waals surface area contributed by atoms with Crippen LogP contribution in [0.15, 0.2) is 18.2 Å². The highest BCUT2D eigenvalue weighted by atomic mass is 35.5. The molecule has 0 radical (unpaired) electrons. The van der Waals surface area contributed by atoms with E-state index in [4.69, 9.17) is 11.6 Å². The summed E-state index contributed by atoms with van der Waals surface area (Å²) in [7, 11) is 2.13. The van der Waals surface area contributed by atoms with E-state index in [1.807, 2.05) is 17.8 Å². The maximum Gasteiger partial charge on any atom is 0.0426 e. The van der Waals surface area contributed by atoms with Crippen LogP contribution in [0.25, 0.3) is 0 Å². The van der Waals surface area contributed by atoms with E-state index < -0.39 is 0 Å². The molecule has 102 valence electrons. The molecule has 0 amide bonds. The molecule has 18 heavy (non-hydrogen) atoms. The molecule has 0 aliphatic heterocycles. The van der Waals surface area contributed by atoms with Gasteiger partial charge in [0.25, 0.3) is 0 Å². The van der Waals surface area contributed by atoms with Crippen LogP contribution in [-0.4, -0.2) is 31.6 Å². The summed E-state index contributed by atoms with van der Waals surface area (Å²) in [5.74, 6) is 1.13. The molecule has 0 spiro atoms. The highest BCUT2D eigenvalue weighted by molar-refractivity contribution is 7.98. The van der Waals surface area contributed by atoms with Crippen molar-refractivity contribution in [1.82, 2.24) is 5.32 Å². The van der Waals surface area contributed by atoms with Crippen molar-refractivity contribution in [2.45, 2.75) is 26.4 Å². The number of hydrogen-bond acceptors (Lipinski definition) is 3. The molecule has 0 atom stereocenters. The van der Waals surface area contributed by atoms with Gasteiger partial charge in [-0.05, 0) is 24.0 Å². The van der Waals surface area contributed by atoms with Crippen LogP contribution in [0.2, 0.25) is 5.02 Å². The smallest absolute Gasteiger partial charge is 0.0426 e. The zero-order valence-corrected chi connectivity index (χ0v) is 13.2. The molecular formula is C14H23ClN2S. The quantitative estimate of drug-likeness (QED) is 0.824. The van der Waals surface area contributed by atoms with E-state index in [0.29, 0.717) is 6.04 Å². The SMILES string of the molecule is CSCCN(C)c1cc(Cl)ccc1CNC(C)C. The second kappa shape index (κ2) is 7.93. The van der Waals surface area contributed by atoms with Crippen molar-refractivity contribution < 1.29 is 0 Å². The lowest BCUT2D eigenvalue weighted by molar-refractivity contribution is 0.588. The standard InChI is InChI=1S/C14H23ClN2S/c1-11(2)16-10-12-5-6-13(15)9-14(12)17(3)7-8-18-4/h5-6,9,11,16H,7-8,10H2,1-4H3. The van der Waals surface area contributed by atoms with Crippen molar-refractivity contribution in [2.24, 2.45) is 0 Å². The first kappa shape index (κ1) is 15.7. The molecular weight excluding hydrogens is 264 g/mol. The highest BCUT2D eigenvalue weighted by Gasteiger charge is 2.08. The zero-order valence-electron chi connectivity index (χ0n) is 11.7. The van der Waals surface area contributed by atoms with Gasteiger partial charge in [-0.25, -0.2) is 0 Å². The van der Waals surface area contributed by atoms with Crippen molar-refractivity contribution in [3.63, 3.8) is 0 Å². The lowest BCUT2D eigenvalue weighted by atomic mass is 10.1. The Kier molecular flexibility index (Phi) is 6.90. The fourth-order valence-corrected chi connectivity index (χ4v) is 2.33. The van der Waals surface area contributed by atoms with E-state index in [-0.39, 0.29) is 0 Å². The van der Waals surface area contributed by atoms with Crippen LogP contribution in [0, 0.1) is 0 Å². The van der Waals surface area contributed by atoms with Crippen molar-refractivity contribution in [1.29, 1.82) is 0 Å². The summed E-state index contributed by atoms with van der Waals surface area (Å²) in [5.41, 5.74) is 2.53. The van der Waals surface area contributed by atoms with Gasteiger partial charge in [0.2, 0.25) is 0 Å². The van der Waals surface area contributed by atoms with Gasteiger partial charge in [-0.3, -0.25) is 0 Å². The molecule has 0 aliphatic carbocycles. The first-order valence-electron chi connectivity index (χ1n) is 6.26. The van der Waals surface area contributed by atoms with Gasteiger partial charge in [0.05, 0.1) is 0 Å². The third-order valence-electron chi connectivity index (χ3n) is 2.79. The largest absolute Gasteiger partial charge is 0.373 e. The summed E-state index contributed by atoms with van der Waals surface area (Å²) in [6.45, 7) is 6.24. The van der Waals surface area contributed by atoms with E-state index in [1.54, 1.807) is 0 Å². The summed E-state index contributed by atoms with van der Waals surface area (Å²) in [6.07, 6.45) is 2.13. The van der Waals surface area contributed by atoms with Gasteiger partial charge in [0.15, 0.2) is 0 Å². The first-order chi connectivity index (χ1) is 8.54. The monoisotopic (exact) mass is 286 g/mol. The molecule has 0 aromatic heterocycles. The Morgan fingerprint density at radius 2 is 2.11 bits per heavy atom. The van der Waals surface area contributed by atoms with Gasteiger partial charge in [-0.1, -0.05) is 31.5 Å². The zero-order chi connectivity index (χ0) is 13.5. The van der Waals surface area contributed by atoms with Crippen molar-refractivity contribution in [3.8, 4) is 0 Å². The number of rotatable bonds is 7. The van der Waals surface area contributed by atoms with Crippen LogP contribution in [0.5, 0.6) is 0 Å². The molecule has 0 saturated carbocycles. The van der Waals surface area contributed by atoms with Gasteiger partial charge in [0, 0.05) is 42.6 Å². The highest BCUT2D eigenvalue weighted by Crippen LogP contribution is 2.24. The van der Waals surface area contributed by atoms with Crippen LogP contribution in [0.1, 0.15) is 19.4 Å². The molecule has 0 aliphatic rings. The van der Waals surface area contributed by atoms with Crippen molar-refractivity contribution >= 4 is 29.1 Å². The Hall–Kier alpha value is -0.380. The summed E-state index contributed by atoms with van der Waals surface area (Å²) in [6, 6.07) is 6.62. The molecule has 0 heterocycles. The minimum Gasteiger partial charge on any atom is -0.373 e. The number of anilines is 1. The topological polar surface area (TPSA) is 15.3 Å². The van der Waals surface area contributed by atoms with Gasteiger partial charge in [-0.2, -0.15) is 11.8 Å². The van der Waals surface area contributed by atoms with Crippen molar-refractivity contribution in [3.05, 3.63) is 28.8 Å². The van der Waals surface area contributed by atoms with Crippen LogP contribution in [-0.2, 0) is 6.54 Å². The average Bonchev–Trinajstić information content (AvgIpc) is 2.34. The fraction of sp³-hybridized carbons (Fsp3) is 0.571. The lowest BCUT2D eigenvalue weighted by Gasteiger charge is -2.23. The Morgan fingerprint density at radius 1 is 1.39 bits per heavy atom. The minimum absolute atomic E-state index is 0.491. The molecule has 0 bridgehead atoms. The summed E-state index contributed by atoms with van der Waals surface area (Å²) >= 11 is 7.97. The second-order valence-electron chi connectivity index (χ2n) is 4.72. The van der Waals surface area contributed by atoms with Gasteiger partial charge in [-0.15, -0.1) is 0 Å². The van der Waals surface area contributed by atoms with E-state index in [1.165, 1.54) is 11.3 Å². The average molecular weight is 287 g/mol. The van der Waals surface area contributed by atoms with Gasteiger partial charge >= 0.3 is 0 Å². The normalized spacial score (nSPS) is 11.0. The predicted octanol–water partition coefficient (Wildman–Crippen LogP) is 3.64. The first-order valence-corrected chi connectivity index (χ1v) is 8.03. The number of benzene rings is 1. The predicted molar refractivity (Wildman–Crippen MR) is 85.1 cm³/mol. The van der Waals surface area contributed by atoms with Crippen LogP contribution in [0.3, 0.4) is 0 Å². The summed E-state index contributed by atoms with van der Waals surface area (Å²) < 4.78 is 0. The molecule has 0 fully saturated rings. The third-order valence-corrected chi connectivity index (χ3v) is 3.62. The fourth-order valence-electron chi connectivity index (χ4n) is 1.70. The Morgan fingerprint density at radius 3 is 2.72 bits per heavy atom. The molecule has 0 unspecified atom stereocenters. The molecule has 1 aromatic carbocycles. The Balaban J connectivity index is 2.81. The van der Waals surface area contributed by atoms with Crippen LogP contribution >= 0.6 is 23.4 Å². The Labute approximate surface area is 120 Å². The van der Waals surface area contributed by atoms with Gasteiger partial charge < -0.3 is 10.2 Å². The third kappa shape index (κ3) is 5.09. The van der Waals surface area contributed by atoms with E-state index in [9.17, 15) is 0 Å². The second-order valence-corrected chi connectivity index (χ2v) is 6.15. The molecule has 1 aromatic rings. The maximum absolute atomic E-state index is 6.11. The summed E-state index contributed by atoms with van der Waals surface area (Å²) in [4.78, 5) is 2.28. The van der Waals surface area contributed by atoms with E-state index >= 15 is 0 Å². The molecule has 4 heteroatoms. The number of nitrogens with zero attached hydrogens (tertiary/aromatic N) is 1. The van der Waals surface area contributed by atoms with Crippen LogP contribution < -0.4 is 10.2 Å². The number of thioether (sulfide) groups is 1. The number of halogens is 1. The summed E-state index contributed by atoms with van der Waals surface area (Å²) in [5, 5.41) is 4.26. The minimum atomic E-state index is 0.491. The van der Waals surface area contributed by atoms with E-state index in [2.05, 4.69) is 49.5 Å². The number of hydrogen-bond donors (Lipinski definition) is 1. The van der Waals surface area contributed by atoms with Crippen molar-refractivity contribution in [2.75, 3.05) is 30.5 Å². The van der Waals surface area contributed by atoms with Crippen LogP contribution in [0.4, 0.5) is 5.69 Å². The maximum atomic E-state index is 6.11. The molecule has 1 N–H and O–H groups in total.